The minimum absolute atomic E-state index is 0.120. The van der Waals surface area contributed by atoms with Gasteiger partial charge in [0, 0.05) is 6.04 Å². The molecule has 1 saturated carbocycles. The van der Waals surface area contributed by atoms with Crippen LogP contribution in [-0.2, 0) is 0 Å². The van der Waals surface area contributed by atoms with Crippen LogP contribution in [0.1, 0.15) is 31.2 Å². The van der Waals surface area contributed by atoms with Crippen LogP contribution >= 0.6 is 22.9 Å². The minimum Gasteiger partial charge on any atom is -0.393 e. The molecule has 3 rings (SSSR count). The molecule has 0 atom stereocenters. The second-order valence-electron chi connectivity index (χ2n) is 5.21. The largest absolute Gasteiger partial charge is 0.393 e. The summed E-state index contributed by atoms with van der Waals surface area (Å²) in [6, 6.07) is 4.35. The van der Waals surface area contributed by atoms with Crippen molar-refractivity contribution < 1.29 is 5.11 Å². The van der Waals surface area contributed by atoms with Gasteiger partial charge in [-0.25, -0.2) is 4.98 Å². The Morgan fingerprint density at radius 3 is 2.74 bits per heavy atom. The minimum atomic E-state index is -0.120. The molecule has 19 heavy (non-hydrogen) atoms. The normalized spacial score (nSPS) is 23.7. The quantitative estimate of drug-likeness (QED) is 0.881. The van der Waals surface area contributed by atoms with E-state index in [9.17, 15) is 5.11 Å². The number of hydrogen-bond donors (Lipinski definition) is 2. The first-order valence-corrected chi connectivity index (χ1v) is 7.83. The van der Waals surface area contributed by atoms with Gasteiger partial charge in [-0.2, -0.15) is 0 Å². The smallest absolute Gasteiger partial charge is 0.184 e. The molecular formula is C14H17ClN2OS. The average molecular weight is 297 g/mol. The maximum absolute atomic E-state index is 9.52. The fraction of sp³-hybridized carbons (Fsp3) is 0.500. The van der Waals surface area contributed by atoms with Gasteiger partial charge in [0.15, 0.2) is 5.13 Å². The van der Waals surface area contributed by atoms with Crippen LogP contribution in [0.15, 0.2) is 12.1 Å². The number of benzene rings is 1. The number of fused-ring (bicyclic) bond motifs is 1. The maximum atomic E-state index is 9.52. The summed E-state index contributed by atoms with van der Waals surface area (Å²) >= 11 is 7.83. The fourth-order valence-corrected chi connectivity index (χ4v) is 3.85. The molecule has 2 N–H and O–H groups in total. The van der Waals surface area contributed by atoms with E-state index in [2.05, 4.69) is 17.2 Å². The van der Waals surface area contributed by atoms with E-state index in [0.717, 1.165) is 51.6 Å². The molecule has 1 aliphatic carbocycles. The first-order chi connectivity index (χ1) is 9.13. The summed E-state index contributed by atoms with van der Waals surface area (Å²) in [6.07, 6.45) is 3.64. The molecule has 1 aromatic carbocycles. The van der Waals surface area contributed by atoms with Gasteiger partial charge in [-0.3, -0.25) is 0 Å². The number of thiazole rings is 1. The zero-order valence-corrected chi connectivity index (χ0v) is 12.4. The van der Waals surface area contributed by atoms with E-state index in [-0.39, 0.29) is 6.10 Å². The number of aliphatic hydroxyl groups excluding tert-OH is 1. The topological polar surface area (TPSA) is 45.1 Å². The Balaban J connectivity index is 1.82. The van der Waals surface area contributed by atoms with Crippen molar-refractivity contribution in [1.82, 2.24) is 4.98 Å². The van der Waals surface area contributed by atoms with Crippen molar-refractivity contribution in [2.75, 3.05) is 5.32 Å². The molecule has 0 amide bonds. The van der Waals surface area contributed by atoms with Crippen LogP contribution in [0.4, 0.5) is 5.13 Å². The lowest BCUT2D eigenvalue weighted by molar-refractivity contribution is 0.126. The van der Waals surface area contributed by atoms with Gasteiger partial charge in [0.1, 0.15) is 0 Å². The maximum Gasteiger partial charge on any atom is 0.184 e. The monoisotopic (exact) mass is 296 g/mol. The molecule has 0 bridgehead atoms. The van der Waals surface area contributed by atoms with E-state index in [1.807, 2.05) is 12.1 Å². The van der Waals surface area contributed by atoms with Gasteiger partial charge in [-0.15, -0.1) is 0 Å². The van der Waals surface area contributed by atoms with Crippen molar-refractivity contribution in [3.05, 3.63) is 22.7 Å². The molecule has 0 aliphatic heterocycles. The molecule has 1 aliphatic rings. The summed E-state index contributed by atoms with van der Waals surface area (Å²) in [5, 5.41) is 14.7. The molecule has 0 radical (unpaired) electrons. The second kappa shape index (κ2) is 5.27. The van der Waals surface area contributed by atoms with Gasteiger partial charge in [0.05, 0.1) is 21.3 Å². The molecule has 102 valence electrons. The number of nitrogens with one attached hydrogen (secondary N) is 1. The van der Waals surface area contributed by atoms with Crippen LogP contribution in [0.25, 0.3) is 10.2 Å². The van der Waals surface area contributed by atoms with Crippen molar-refractivity contribution in [1.29, 1.82) is 0 Å². The molecule has 1 aromatic heterocycles. The third-order valence-electron chi connectivity index (χ3n) is 3.72. The highest BCUT2D eigenvalue weighted by Gasteiger charge is 2.20. The summed E-state index contributed by atoms with van der Waals surface area (Å²) in [7, 11) is 0. The van der Waals surface area contributed by atoms with E-state index < -0.39 is 0 Å². The van der Waals surface area contributed by atoms with Gasteiger partial charge >= 0.3 is 0 Å². The van der Waals surface area contributed by atoms with E-state index in [4.69, 9.17) is 11.6 Å². The van der Waals surface area contributed by atoms with Crippen molar-refractivity contribution in [3.63, 3.8) is 0 Å². The molecule has 0 spiro atoms. The predicted molar refractivity (Wildman–Crippen MR) is 81.3 cm³/mol. The van der Waals surface area contributed by atoms with E-state index in [0.29, 0.717) is 6.04 Å². The second-order valence-corrected chi connectivity index (χ2v) is 6.62. The zero-order chi connectivity index (χ0) is 13.4. The third kappa shape index (κ3) is 2.71. The molecular weight excluding hydrogens is 280 g/mol. The van der Waals surface area contributed by atoms with Crippen molar-refractivity contribution in [2.24, 2.45) is 0 Å². The number of aliphatic hydroxyl groups is 1. The standard InChI is InChI=1S/C14H17ClN2OS/c1-8-2-7-11(15)13-12(8)17-14(19-13)16-9-3-5-10(18)6-4-9/h2,7,9-10,18H,3-6H2,1H3,(H,16,17). The van der Waals surface area contributed by atoms with Gasteiger partial charge in [0.25, 0.3) is 0 Å². The Hall–Kier alpha value is -0.840. The van der Waals surface area contributed by atoms with Crippen molar-refractivity contribution in [2.45, 2.75) is 44.8 Å². The molecule has 3 nitrogen and oxygen atoms in total. The third-order valence-corrected chi connectivity index (χ3v) is 5.17. The Kier molecular flexibility index (Phi) is 3.65. The van der Waals surface area contributed by atoms with Crippen LogP contribution < -0.4 is 5.32 Å². The molecule has 1 heterocycles. The molecule has 0 saturated heterocycles. The average Bonchev–Trinajstić information content (AvgIpc) is 2.82. The van der Waals surface area contributed by atoms with Crippen LogP contribution in [0.2, 0.25) is 5.02 Å². The number of rotatable bonds is 2. The van der Waals surface area contributed by atoms with Gasteiger partial charge in [0.2, 0.25) is 0 Å². The Morgan fingerprint density at radius 2 is 2.05 bits per heavy atom. The summed E-state index contributed by atoms with van der Waals surface area (Å²) in [5.41, 5.74) is 2.15. The molecule has 1 fully saturated rings. The van der Waals surface area contributed by atoms with Gasteiger partial charge in [-0.05, 0) is 44.2 Å². The molecule has 2 aromatic rings. The lowest BCUT2D eigenvalue weighted by Crippen LogP contribution is -2.28. The van der Waals surface area contributed by atoms with Crippen molar-refractivity contribution in [3.8, 4) is 0 Å². The number of nitrogens with zero attached hydrogens (tertiary/aromatic N) is 1. The van der Waals surface area contributed by atoms with Crippen LogP contribution in [0.5, 0.6) is 0 Å². The highest BCUT2D eigenvalue weighted by molar-refractivity contribution is 7.22. The van der Waals surface area contributed by atoms with E-state index >= 15 is 0 Å². The lowest BCUT2D eigenvalue weighted by Gasteiger charge is -2.25. The predicted octanol–water partition coefficient (Wildman–Crippen LogP) is 3.97. The lowest BCUT2D eigenvalue weighted by atomic mass is 9.93. The number of anilines is 1. The molecule has 5 heteroatoms. The van der Waals surface area contributed by atoms with Gasteiger partial charge < -0.3 is 10.4 Å². The summed E-state index contributed by atoms with van der Waals surface area (Å²) in [5.74, 6) is 0. The summed E-state index contributed by atoms with van der Waals surface area (Å²) in [4.78, 5) is 4.65. The first-order valence-electron chi connectivity index (χ1n) is 6.63. The first kappa shape index (κ1) is 13.2. The van der Waals surface area contributed by atoms with Crippen LogP contribution in [-0.4, -0.2) is 22.2 Å². The number of aryl methyl sites for hydroxylation is 1. The Morgan fingerprint density at radius 1 is 1.32 bits per heavy atom. The SMILES string of the molecule is Cc1ccc(Cl)c2sc(NC3CCC(O)CC3)nc12. The Labute approximate surface area is 121 Å². The van der Waals surface area contributed by atoms with Gasteiger partial charge in [-0.1, -0.05) is 29.0 Å². The van der Waals surface area contributed by atoms with Crippen LogP contribution in [0, 0.1) is 6.92 Å². The summed E-state index contributed by atoms with van der Waals surface area (Å²) in [6.45, 7) is 2.05. The zero-order valence-electron chi connectivity index (χ0n) is 10.8. The van der Waals surface area contributed by atoms with Crippen LogP contribution in [0.3, 0.4) is 0 Å². The number of hydrogen-bond acceptors (Lipinski definition) is 4. The molecule has 0 unspecified atom stereocenters. The Bertz CT molecular complexity index is 551. The summed E-state index contributed by atoms with van der Waals surface area (Å²) < 4.78 is 1.06. The highest BCUT2D eigenvalue weighted by Crippen LogP contribution is 2.35. The van der Waals surface area contributed by atoms with E-state index in [1.165, 1.54) is 0 Å². The van der Waals surface area contributed by atoms with E-state index in [1.54, 1.807) is 11.3 Å². The number of aromatic nitrogens is 1. The fourth-order valence-electron chi connectivity index (χ4n) is 2.56. The highest BCUT2D eigenvalue weighted by atomic mass is 35.5. The number of halogens is 1. The van der Waals surface area contributed by atoms with Crippen molar-refractivity contribution >= 4 is 38.3 Å².